The quantitative estimate of drug-likeness (QED) is 0.354. The van der Waals surface area contributed by atoms with Gasteiger partial charge < -0.3 is 23.8 Å². The van der Waals surface area contributed by atoms with Gasteiger partial charge in [0, 0.05) is 29.9 Å². The summed E-state index contributed by atoms with van der Waals surface area (Å²) in [6, 6.07) is 17.5. The van der Waals surface area contributed by atoms with Gasteiger partial charge in [-0.15, -0.1) is 0 Å². The van der Waals surface area contributed by atoms with E-state index in [2.05, 4.69) is 39.7 Å². The van der Waals surface area contributed by atoms with E-state index >= 15 is 0 Å². The van der Waals surface area contributed by atoms with Crippen LogP contribution in [-0.4, -0.2) is 47.1 Å². The molecule has 0 atom stereocenters. The summed E-state index contributed by atoms with van der Waals surface area (Å²) in [5.41, 5.74) is 7.44. The van der Waals surface area contributed by atoms with Crippen molar-refractivity contribution in [3.63, 3.8) is 0 Å². The van der Waals surface area contributed by atoms with Crippen LogP contribution in [0.15, 0.2) is 59.7 Å². The Balaban J connectivity index is 1.50. The lowest BCUT2D eigenvalue weighted by molar-refractivity contribution is 0.0954. The molecule has 0 fully saturated rings. The zero-order valence-electron chi connectivity index (χ0n) is 21.0. The van der Waals surface area contributed by atoms with Crippen molar-refractivity contribution in [3.8, 4) is 23.0 Å². The van der Waals surface area contributed by atoms with Crippen molar-refractivity contribution >= 4 is 17.8 Å². The van der Waals surface area contributed by atoms with Crippen LogP contribution in [-0.2, 0) is 13.0 Å². The molecule has 0 radical (unpaired) electrons. The Hall–Kier alpha value is -4.20. The Morgan fingerprint density at radius 1 is 0.944 bits per heavy atom. The monoisotopic (exact) mass is 489 g/mol. The fourth-order valence-corrected chi connectivity index (χ4v) is 4.43. The molecular weight excluding hydrogens is 458 g/mol. The molecule has 3 aromatic rings. The van der Waals surface area contributed by atoms with Crippen molar-refractivity contribution in [2.24, 2.45) is 5.10 Å². The largest absolute Gasteiger partial charge is 0.496 e. The van der Waals surface area contributed by atoms with Crippen molar-refractivity contribution in [1.29, 1.82) is 0 Å². The van der Waals surface area contributed by atoms with E-state index in [1.54, 1.807) is 25.5 Å². The van der Waals surface area contributed by atoms with Crippen molar-refractivity contribution in [3.05, 3.63) is 76.9 Å². The van der Waals surface area contributed by atoms with Gasteiger partial charge in [0.15, 0.2) is 11.5 Å². The molecule has 36 heavy (non-hydrogen) atoms. The summed E-state index contributed by atoms with van der Waals surface area (Å²) in [6.45, 7) is 1.71. The third-order valence-corrected chi connectivity index (χ3v) is 6.18. The van der Waals surface area contributed by atoms with Crippen LogP contribution in [0, 0.1) is 0 Å². The molecule has 0 spiro atoms. The molecule has 8 heteroatoms. The van der Waals surface area contributed by atoms with Crippen molar-refractivity contribution in [2.75, 3.05) is 39.9 Å². The van der Waals surface area contributed by atoms with E-state index in [-0.39, 0.29) is 0 Å². The molecule has 0 unspecified atom stereocenters. The number of nitrogens with zero attached hydrogens (tertiary/aromatic N) is 2. The molecule has 4 rings (SSSR count). The van der Waals surface area contributed by atoms with E-state index < -0.39 is 5.91 Å². The number of amides is 1. The number of aryl methyl sites for hydroxylation is 1. The Morgan fingerprint density at radius 2 is 1.67 bits per heavy atom. The van der Waals surface area contributed by atoms with Crippen LogP contribution in [0.2, 0.25) is 0 Å². The predicted molar refractivity (Wildman–Crippen MR) is 140 cm³/mol. The standard InChI is InChI=1S/C28H31N3O5/c1-33-24-12-11-19(14-22(24)18-31-13-7-9-20-8-5-6-10-23(20)31)17-29-30-28(32)21-15-25(34-2)27(36-4)26(16-21)35-3/h5-6,8,10-12,14-17H,7,9,13,18H2,1-4H3,(H,30,32). The molecule has 0 saturated carbocycles. The minimum Gasteiger partial charge on any atom is -0.496 e. The Kier molecular flexibility index (Phi) is 7.95. The van der Waals surface area contributed by atoms with Gasteiger partial charge in [-0.2, -0.15) is 5.10 Å². The minimum absolute atomic E-state index is 0.334. The first-order valence-corrected chi connectivity index (χ1v) is 11.7. The normalized spacial score (nSPS) is 12.7. The van der Waals surface area contributed by atoms with Crippen LogP contribution in [0.5, 0.6) is 23.0 Å². The van der Waals surface area contributed by atoms with Gasteiger partial charge in [-0.3, -0.25) is 4.79 Å². The highest BCUT2D eigenvalue weighted by Gasteiger charge is 2.19. The fourth-order valence-electron chi connectivity index (χ4n) is 4.43. The van der Waals surface area contributed by atoms with Gasteiger partial charge in [-0.1, -0.05) is 18.2 Å². The Labute approximate surface area is 211 Å². The third kappa shape index (κ3) is 5.38. The number of para-hydroxylation sites is 1. The summed E-state index contributed by atoms with van der Waals surface area (Å²) >= 11 is 0. The minimum atomic E-state index is -0.399. The zero-order valence-corrected chi connectivity index (χ0v) is 21.0. The summed E-state index contributed by atoms with van der Waals surface area (Å²) in [5, 5.41) is 4.16. The molecule has 0 aromatic heterocycles. The number of carbonyl (C=O) groups excluding carboxylic acids is 1. The van der Waals surface area contributed by atoms with Crippen LogP contribution in [0.1, 0.15) is 33.5 Å². The number of carbonyl (C=O) groups is 1. The second kappa shape index (κ2) is 11.5. The van der Waals surface area contributed by atoms with Gasteiger partial charge in [0.1, 0.15) is 5.75 Å². The first-order chi connectivity index (χ1) is 17.6. The number of rotatable bonds is 9. The first-order valence-electron chi connectivity index (χ1n) is 11.7. The van der Waals surface area contributed by atoms with Crippen LogP contribution >= 0.6 is 0 Å². The summed E-state index contributed by atoms with van der Waals surface area (Å²) in [5.74, 6) is 1.62. The maximum absolute atomic E-state index is 12.7. The number of nitrogens with one attached hydrogen (secondary N) is 1. The topological polar surface area (TPSA) is 81.6 Å². The number of benzene rings is 3. The molecule has 188 valence electrons. The molecule has 1 aliphatic rings. The van der Waals surface area contributed by atoms with Crippen molar-refractivity contribution < 1.29 is 23.7 Å². The maximum atomic E-state index is 12.7. The van der Waals surface area contributed by atoms with E-state index in [1.807, 2.05) is 18.2 Å². The smallest absolute Gasteiger partial charge is 0.271 e. The van der Waals surface area contributed by atoms with Gasteiger partial charge in [0.05, 0.1) is 34.7 Å². The number of hydrogen-bond donors (Lipinski definition) is 1. The molecule has 1 amide bonds. The van der Waals surface area contributed by atoms with Gasteiger partial charge in [-0.25, -0.2) is 5.43 Å². The number of ether oxygens (including phenoxy) is 4. The lowest BCUT2D eigenvalue weighted by atomic mass is 10.0. The molecule has 1 heterocycles. The SMILES string of the molecule is COc1ccc(C=NNC(=O)c2cc(OC)c(OC)c(OC)c2)cc1CN1CCCc2ccccc21. The Morgan fingerprint density at radius 3 is 2.36 bits per heavy atom. The van der Waals surface area contributed by atoms with E-state index in [0.29, 0.717) is 22.8 Å². The number of hydrazone groups is 1. The highest BCUT2D eigenvalue weighted by atomic mass is 16.5. The average molecular weight is 490 g/mol. The van der Waals surface area contributed by atoms with E-state index in [1.165, 1.54) is 32.6 Å². The highest BCUT2D eigenvalue weighted by Crippen LogP contribution is 2.38. The van der Waals surface area contributed by atoms with Crippen molar-refractivity contribution in [1.82, 2.24) is 5.43 Å². The van der Waals surface area contributed by atoms with Gasteiger partial charge >= 0.3 is 0 Å². The maximum Gasteiger partial charge on any atom is 0.271 e. The highest BCUT2D eigenvalue weighted by molar-refractivity contribution is 5.96. The van der Waals surface area contributed by atoms with Gasteiger partial charge in [-0.05, 0) is 60.4 Å². The first kappa shape index (κ1) is 24.9. The number of hydrogen-bond acceptors (Lipinski definition) is 7. The molecular formula is C28H31N3O5. The Bertz CT molecular complexity index is 1230. The van der Waals surface area contributed by atoms with E-state index in [9.17, 15) is 4.79 Å². The zero-order chi connectivity index (χ0) is 25.5. The second-order valence-corrected chi connectivity index (χ2v) is 8.34. The van der Waals surface area contributed by atoms with Crippen LogP contribution in [0.25, 0.3) is 0 Å². The van der Waals surface area contributed by atoms with E-state index in [0.717, 1.165) is 42.8 Å². The summed E-state index contributed by atoms with van der Waals surface area (Å²) in [7, 11) is 6.19. The van der Waals surface area contributed by atoms with Crippen molar-refractivity contribution in [2.45, 2.75) is 19.4 Å². The third-order valence-electron chi connectivity index (χ3n) is 6.18. The lowest BCUT2D eigenvalue weighted by Crippen LogP contribution is -2.29. The molecule has 1 aliphatic heterocycles. The fraction of sp³-hybridized carbons (Fsp3) is 0.286. The summed E-state index contributed by atoms with van der Waals surface area (Å²) < 4.78 is 21.6. The average Bonchev–Trinajstić information content (AvgIpc) is 2.92. The molecule has 0 aliphatic carbocycles. The summed E-state index contributed by atoms with van der Waals surface area (Å²) in [4.78, 5) is 15.1. The number of methoxy groups -OCH3 is 4. The van der Waals surface area contributed by atoms with Crippen LogP contribution < -0.4 is 29.3 Å². The second-order valence-electron chi connectivity index (χ2n) is 8.34. The predicted octanol–water partition coefficient (Wildman–Crippen LogP) is 4.44. The van der Waals surface area contributed by atoms with Gasteiger partial charge in [0.2, 0.25) is 5.75 Å². The van der Waals surface area contributed by atoms with Crippen LogP contribution in [0.3, 0.4) is 0 Å². The molecule has 0 bridgehead atoms. The molecule has 8 nitrogen and oxygen atoms in total. The van der Waals surface area contributed by atoms with Gasteiger partial charge in [0.25, 0.3) is 5.91 Å². The molecule has 0 saturated heterocycles. The van der Waals surface area contributed by atoms with Crippen LogP contribution in [0.4, 0.5) is 5.69 Å². The van der Waals surface area contributed by atoms with E-state index in [4.69, 9.17) is 18.9 Å². The molecule has 3 aromatic carbocycles. The lowest BCUT2D eigenvalue weighted by Gasteiger charge is -2.31. The number of fused-ring (bicyclic) bond motifs is 1. The number of anilines is 1. The molecule has 1 N–H and O–H groups in total. The summed E-state index contributed by atoms with van der Waals surface area (Å²) in [6.07, 6.45) is 3.83.